The fourth-order valence-corrected chi connectivity index (χ4v) is 5.71. The maximum atomic E-state index is 12.5. The van der Waals surface area contributed by atoms with Crippen LogP contribution in [0.4, 0.5) is 26.3 Å². The number of hydrogen-bond donors (Lipinski definition) is 2. The Morgan fingerprint density at radius 3 is 1.40 bits per heavy atom. The number of phenolic OH excluding ortho intramolecular Hbond substituents is 1. The number of furan rings is 1. The molecule has 0 saturated carbocycles. The normalized spacial score (nSPS) is 10.3. The predicted molar refractivity (Wildman–Crippen MR) is 246 cm³/mol. The Bertz CT molecular complexity index is 2990. The highest BCUT2D eigenvalue weighted by Crippen LogP contribution is 2.33. The van der Waals surface area contributed by atoms with E-state index in [2.05, 4.69) is 27.8 Å². The van der Waals surface area contributed by atoms with E-state index in [1.807, 2.05) is 11.8 Å². The van der Waals surface area contributed by atoms with Crippen LogP contribution in [0.3, 0.4) is 0 Å². The summed E-state index contributed by atoms with van der Waals surface area (Å²) in [5.74, 6) is -3.02. The summed E-state index contributed by atoms with van der Waals surface area (Å²) in [6, 6.07) is 12.0. The molecule has 392 valence electrons. The quantitative estimate of drug-likeness (QED) is 0.0393. The fourth-order valence-electron chi connectivity index (χ4n) is 5.71. The van der Waals surface area contributed by atoms with E-state index < -0.39 is 75.8 Å². The number of carbonyl (C=O) groups is 6. The van der Waals surface area contributed by atoms with Crippen molar-refractivity contribution in [2.24, 2.45) is 0 Å². The number of benzene rings is 3. The standard InChI is InChI=1S/C13H9F3O3.C12H7F3O4.C11H12O5.C6H6O4.C5H6O2.C2H6/c1-6-3-4-9-12(11(6)7(2)17)8(18)5-10(19-9)13(14,15)16;1-5-2-3-7-10(9(5)11(17)18)6(16)4-8(19-7)12(13,14)15;1-6(12)9-7(13)4-5-8(15-2)10(9)11(14)16-3;1-9-5(7)3-4-6(8)10-2;1-6-5-3-2-4-7-5;1-2/h3-5H,1-2H3;2-4H,1H3,(H,17,18);4-5,13H,1-3H3;1-2H3;2-4H,1H3;1-2H3/i;;;;;1D. The van der Waals surface area contributed by atoms with Gasteiger partial charge in [0, 0.05) is 37.0 Å². The number of aromatic carboxylic acids is 1. The number of carbonyl (C=O) groups excluding carboxylic acids is 5. The Morgan fingerprint density at radius 2 is 1.07 bits per heavy atom. The number of alkyl halides is 6. The SMILES string of the molecule is CC(=O)c1c(C)ccc2oc(C(F)(F)F)cc(=O)c12.COC(=O)C#CC(=O)OC.COC(=O)c1c(OC)ccc(O)c1C(C)=O.COc1ccco1.Cc1ccc2oc(C(F)(F)F)cc(=O)c2c1C(=O)O.[2H]CC. The second-order valence-electron chi connectivity index (χ2n) is 13.5. The van der Waals surface area contributed by atoms with E-state index in [4.69, 9.17) is 15.6 Å². The Labute approximate surface area is 411 Å². The molecule has 0 amide bonds. The van der Waals surface area contributed by atoms with Crippen molar-refractivity contribution in [3.8, 4) is 29.3 Å². The van der Waals surface area contributed by atoms with Crippen LogP contribution in [0.1, 0.15) is 93.1 Å². The Kier molecular flexibility index (Phi) is 23.2. The van der Waals surface area contributed by atoms with Crippen LogP contribution in [0.25, 0.3) is 21.9 Å². The number of ether oxygens (including phenoxy) is 5. The van der Waals surface area contributed by atoms with Crippen molar-refractivity contribution in [2.75, 3.05) is 35.5 Å². The number of halogens is 6. The molecular formula is C49H46F6O18. The lowest BCUT2D eigenvalue weighted by Gasteiger charge is -2.11. The molecule has 0 radical (unpaired) electrons. The van der Waals surface area contributed by atoms with Crippen LogP contribution in [0.5, 0.6) is 17.4 Å². The van der Waals surface area contributed by atoms with Gasteiger partial charge in [0.1, 0.15) is 28.2 Å². The van der Waals surface area contributed by atoms with Gasteiger partial charge in [-0.05, 0) is 69.2 Å². The van der Waals surface area contributed by atoms with Crippen molar-refractivity contribution in [3.05, 3.63) is 132 Å². The van der Waals surface area contributed by atoms with E-state index in [9.17, 15) is 69.8 Å². The molecule has 6 aromatic rings. The second-order valence-corrected chi connectivity index (χ2v) is 13.5. The van der Waals surface area contributed by atoms with Gasteiger partial charge in [0.25, 0.3) is 5.95 Å². The molecule has 0 saturated heterocycles. The van der Waals surface area contributed by atoms with E-state index in [0.717, 1.165) is 6.07 Å². The largest absolute Gasteiger partial charge is 0.507 e. The number of aryl methyl sites for hydroxylation is 2. The highest BCUT2D eigenvalue weighted by Gasteiger charge is 2.36. The highest BCUT2D eigenvalue weighted by molar-refractivity contribution is 6.09. The number of carboxylic acid groups (broad SMARTS) is 1. The number of phenols is 1. The number of ketones is 2. The highest BCUT2D eigenvalue weighted by atomic mass is 19.4. The summed E-state index contributed by atoms with van der Waals surface area (Å²) in [6.45, 7) is 7.84. The van der Waals surface area contributed by atoms with E-state index >= 15 is 0 Å². The van der Waals surface area contributed by atoms with Gasteiger partial charge < -0.3 is 47.1 Å². The molecule has 0 spiro atoms. The lowest BCUT2D eigenvalue weighted by Crippen LogP contribution is -2.14. The van der Waals surface area contributed by atoms with Gasteiger partial charge in [0.15, 0.2) is 22.4 Å². The minimum atomic E-state index is -4.80. The fraction of sp³-hybridized carbons (Fsp3) is 0.265. The number of aromatic hydroxyl groups is 1. The molecule has 3 aromatic heterocycles. The van der Waals surface area contributed by atoms with Crippen LogP contribution >= 0.6 is 0 Å². The van der Waals surface area contributed by atoms with Gasteiger partial charge in [-0.25, -0.2) is 19.2 Å². The number of methoxy groups -OCH3 is 5. The Morgan fingerprint density at radius 1 is 0.630 bits per heavy atom. The van der Waals surface area contributed by atoms with Gasteiger partial charge >= 0.3 is 36.2 Å². The summed E-state index contributed by atoms with van der Waals surface area (Å²) in [5, 5.41) is 18.1. The molecule has 0 aliphatic carbocycles. The smallest absolute Gasteiger partial charge is 0.449 e. The van der Waals surface area contributed by atoms with E-state index in [1.165, 1.54) is 79.5 Å². The maximum Gasteiger partial charge on any atom is 0.449 e. The first kappa shape index (κ1) is 60.2. The summed E-state index contributed by atoms with van der Waals surface area (Å²) in [4.78, 5) is 89.4. The zero-order valence-corrected chi connectivity index (χ0v) is 40.3. The van der Waals surface area contributed by atoms with Crippen LogP contribution in [0.15, 0.2) is 89.8 Å². The van der Waals surface area contributed by atoms with Gasteiger partial charge in [-0.15, -0.1) is 0 Å². The molecule has 3 heterocycles. The number of fused-ring (bicyclic) bond motifs is 2. The molecule has 0 fully saturated rings. The molecule has 73 heavy (non-hydrogen) atoms. The molecular weight excluding hydrogens is 991 g/mol. The van der Waals surface area contributed by atoms with Gasteiger partial charge in [-0.3, -0.25) is 19.2 Å². The lowest BCUT2D eigenvalue weighted by atomic mass is 10.00. The first-order valence-corrected chi connectivity index (χ1v) is 20.1. The zero-order valence-electron chi connectivity index (χ0n) is 41.3. The molecule has 0 unspecified atom stereocenters. The van der Waals surface area contributed by atoms with E-state index in [-0.39, 0.29) is 61.7 Å². The summed E-state index contributed by atoms with van der Waals surface area (Å²) >= 11 is 0. The van der Waals surface area contributed by atoms with Crippen LogP contribution in [0, 0.1) is 25.7 Å². The number of rotatable bonds is 6. The summed E-state index contributed by atoms with van der Waals surface area (Å²) in [5.41, 5.74) is -2.15. The van der Waals surface area contributed by atoms with Gasteiger partial charge in [-0.1, -0.05) is 26.0 Å². The van der Waals surface area contributed by atoms with Crippen molar-refractivity contribution in [1.82, 2.24) is 0 Å². The topological polar surface area (TPSA) is 263 Å². The minimum Gasteiger partial charge on any atom is -0.507 e. The maximum absolute atomic E-state index is 12.5. The average molecular weight is 1040 g/mol. The van der Waals surface area contributed by atoms with E-state index in [0.29, 0.717) is 24.5 Å². The van der Waals surface area contributed by atoms with Gasteiger partial charge in [-0.2, -0.15) is 26.3 Å². The first-order valence-electron chi connectivity index (χ1n) is 20.8. The van der Waals surface area contributed by atoms with Crippen LogP contribution < -0.4 is 20.3 Å². The summed E-state index contributed by atoms with van der Waals surface area (Å²) in [6.07, 6.45) is -7.98. The second kappa shape index (κ2) is 28.1. The summed E-state index contributed by atoms with van der Waals surface area (Å²) < 4.78 is 118. The summed E-state index contributed by atoms with van der Waals surface area (Å²) in [7, 11) is 6.47. The van der Waals surface area contributed by atoms with Crippen LogP contribution in [0.2, 0.25) is 0 Å². The molecule has 18 nitrogen and oxygen atoms in total. The Balaban J connectivity index is 0.000000472. The predicted octanol–water partition coefficient (Wildman–Crippen LogP) is 9.18. The first-order chi connectivity index (χ1) is 34.5. The third kappa shape index (κ3) is 17.5. The zero-order chi connectivity index (χ0) is 56.8. The van der Waals surface area contributed by atoms with Crippen molar-refractivity contribution < 1.29 is 104 Å². The van der Waals surface area contributed by atoms with Crippen molar-refractivity contribution in [2.45, 2.75) is 53.9 Å². The molecule has 6 rings (SSSR count). The van der Waals surface area contributed by atoms with Gasteiger partial charge in [0.2, 0.25) is 11.5 Å². The minimum absolute atomic E-state index is 0.0579. The third-order valence-corrected chi connectivity index (χ3v) is 8.77. The molecule has 0 bridgehead atoms. The molecule has 0 aliphatic heterocycles. The van der Waals surface area contributed by atoms with Crippen molar-refractivity contribution >= 4 is 57.4 Å². The number of Topliss-reactive ketones (excluding diaryl/α,β-unsaturated/α-hetero) is 2. The number of hydrogen-bond acceptors (Lipinski definition) is 17. The molecule has 0 atom stereocenters. The molecule has 0 aliphatic rings. The third-order valence-electron chi connectivity index (χ3n) is 8.77. The van der Waals surface area contributed by atoms with E-state index in [1.54, 1.807) is 39.4 Å². The van der Waals surface area contributed by atoms with Crippen LogP contribution in [-0.4, -0.2) is 81.2 Å². The van der Waals surface area contributed by atoms with Gasteiger partial charge in [0.05, 0.1) is 63.7 Å². The van der Waals surface area contributed by atoms with Crippen molar-refractivity contribution in [1.29, 1.82) is 0 Å². The average Bonchev–Trinajstić information content (AvgIpc) is 3.87. The molecule has 2 N–H and O–H groups in total. The lowest BCUT2D eigenvalue weighted by molar-refractivity contribution is -0.153. The molecule has 3 aromatic carbocycles. The molecule has 24 heteroatoms. The van der Waals surface area contributed by atoms with Crippen LogP contribution in [-0.2, 0) is 36.2 Å². The number of carboxylic acids is 1. The Hall–Kier alpha value is -8.88. The number of esters is 3. The monoisotopic (exact) mass is 1040 g/mol. The van der Waals surface area contributed by atoms with Crippen molar-refractivity contribution in [3.63, 3.8) is 0 Å².